The molecule has 1 saturated heterocycles. The van der Waals surface area contributed by atoms with E-state index in [1.807, 2.05) is 6.07 Å². The zero-order valence-corrected chi connectivity index (χ0v) is 12.5. The van der Waals surface area contributed by atoms with Crippen molar-refractivity contribution < 1.29 is 22.8 Å². The van der Waals surface area contributed by atoms with Crippen molar-refractivity contribution in [2.24, 2.45) is 5.92 Å². The first-order valence-corrected chi connectivity index (χ1v) is 7.44. The highest BCUT2D eigenvalue weighted by atomic mass is 19.4. The van der Waals surface area contributed by atoms with Crippen molar-refractivity contribution in [2.45, 2.75) is 30.5 Å². The Morgan fingerprint density at radius 2 is 2.08 bits per heavy atom. The number of hydrogen-bond donors (Lipinski definition) is 2. The molecule has 0 radical (unpaired) electrons. The third-order valence-corrected chi connectivity index (χ3v) is 4.43. The topological polar surface area (TPSA) is 82.0 Å². The van der Waals surface area contributed by atoms with Gasteiger partial charge >= 0.3 is 6.18 Å². The van der Waals surface area contributed by atoms with E-state index in [1.165, 1.54) is 12.1 Å². The van der Waals surface area contributed by atoms with E-state index >= 15 is 0 Å². The smallest absolute Gasteiger partial charge is 0.355 e. The second-order valence-electron chi connectivity index (χ2n) is 6.14. The van der Waals surface area contributed by atoms with Crippen molar-refractivity contribution in [1.82, 2.24) is 10.6 Å². The van der Waals surface area contributed by atoms with Gasteiger partial charge in [-0.15, -0.1) is 0 Å². The highest BCUT2D eigenvalue weighted by molar-refractivity contribution is 6.03. The summed E-state index contributed by atoms with van der Waals surface area (Å²) in [5.74, 6) is -3.00. The molecule has 5 nitrogen and oxygen atoms in total. The molecule has 126 valence electrons. The molecule has 2 amide bonds. The minimum absolute atomic E-state index is 0.0811. The second kappa shape index (κ2) is 5.51. The number of carbonyl (C=O) groups is 2. The van der Waals surface area contributed by atoms with Gasteiger partial charge in [0.1, 0.15) is 11.5 Å². The van der Waals surface area contributed by atoms with Crippen LogP contribution in [0.3, 0.4) is 0 Å². The molecule has 1 heterocycles. The number of halogens is 3. The normalized spacial score (nSPS) is 24.8. The average Bonchev–Trinajstić information content (AvgIpc) is 3.19. The second-order valence-corrected chi connectivity index (χ2v) is 6.14. The van der Waals surface area contributed by atoms with E-state index in [1.54, 1.807) is 0 Å². The molecule has 2 aliphatic rings. The fourth-order valence-corrected chi connectivity index (χ4v) is 2.88. The van der Waals surface area contributed by atoms with E-state index in [-0.39, 0.29) is 12.1 Å². The van der Waals surface area contributed by atoms with E-state index < -0.39 is 40.9 Å². The first-order valence-electron chi connectivity index (χ1n) is 7.44. The van der Waals surface area contributed by atoms with Gasteiger partial charge in [0.25, 0.3) is 0 Å². The van der Waals surface area contributed by atoms with E-state index in [2.05, 4.69) is 10.6 Å². The van der Waals surface area contributed by atoms with Gasteiger partial charge in [-0.05, 0) is 24.5 Å². The van der Waals surface area contributed by atoms with Crippen LogP contribution < -0.4 is 10.6 Å². The van der Waals surface area contributed by atoms with Crippen molar-refractivity contribution in [3.63, 3.8) is 0 Å². The maximum atomic E-state index is 12.9. The molecule has 1 aliphatic carbocycles. The average molecular weight is 337 g/mol. The lowest BCUT2D eigenvalue weighted by atomic mass is 9.87. The summed E-state index contributed by atoms with van der Waals surface area (Å²) in [6, 6.07) is 6.62. The minimum Gasteiger partial charge on any atom is -0.355 e. The Morgan fingerprint density at radius 3 is 2.67 bits per heavy atom. The van der Waals surface area contributed by atoms with Gasteiger partial charge in [0.15, 0.2) is 0 Å². The Morgan fingerprint density at radius 1 is 1.38 bits per heavy atom. The Hall–Kier alpha value is -2.56. The van der Waals surface area contributed by atoms with Gasteiger partial charge < -0.3 is 10.6 Å². The lowest BCUT2D eigenvalue weighted by Crippen LogP contribution is -2.43. The number of alkyl halides is 3. The van der Waals surface area contributed by atoms with Gasteiger partial charge in [-0.3, -0.25) is 9.59 Å². The predicted octanol–water partition coefficient (Wildman–Crippen LogP) is 1.71. The Labute approximate surface area is 135 Å². The van der Waals surface area contributed by atoms with E-state index in [4.69, 9.17) is 5.26 Å². The molecule has 3 rings (SSSR count). The zero-order valence-electron chi connectivity index (χ0n) is 12.5. The third-order valence-electron chi connectivity index (χ3n) is 4.43. The largest absolute Gasteiger partial charge is 0.416 e. The quantitative estimate of drug-likeness (QED) is 0.824. The maximum absolute atomic E-state index is 12.9. The molecule has 8 heteroatoms. The molecule has 1 aromatic rings. The number of hydrogen-bond acceptors (Lipinski definition) is 3. The first kappa shape index (κ1) is 16.3. The lowest BCUT2D eigenvalue weighted by molar-refractivity contribution is -0.137. The van der Waals surface area contributed by atoms with E-state index in [0.717, 1.165) is 12.1 Å². The van der Waals surface area contributed by atoms with Crippen LogP contribution in [0.5, 0.6) is 0 Å². The summed E-state index contributed by atoms with van der Waals surface area (Å²) in [5.41, 5.74) is -1.49. The number of benzene rings is 1. The SMILES string of the molecule is N#CC1(NC(=O)C2C(=O)NC[C@@H]2c2cccc(C(F)(F)F)c2)CC1. The van der Waals surface area contributed by atoms with Gasteiger partial charge in [0.05, 0.1) is 11.6 Å². The standard InChI is InChI=1S/C16H14F3N3O2/c17-16(18,19)10-3-1-2-9(6-10)11-7-21-13(23)12(11)14(24)22-15(8-20)4-5-15/h1-3,6,11-12H,4-5,7H2,(H,21,23)(H,22,24)/t11-,12?/m1/s1. The van der Waals surface area contributed by atoms with Crippen LogP contribution in [-0.4, -0.2) is 23.9 Å². The van der Waals surface area contributed by atoms with Crippen LogP contribution in [0.25, 0.3) is 0 Å². The molecule has 24 heavy (non-hydrogen) atoms. The van der Waals surface area contributed by atoms with Crippen molar-refractivity contribution in [3.05, 3.63) is 35.4 Å². The van der Waals surface area contributed by atoms with E-state index in [0.29, 0.717) is 12.8 Å². The lowest BCUT2D eigenvalue weighted by Gasteiger charge is -2.19. The molecular weight excluding hydrogens is 323 g/mol. The van der Waals surface area contributed by atoms with Crippen LogP contribution in [0.4, 0.5) is 13.2 Å². The molecule has 1 aromatic carbocycles. The van der Waals surface area contributed by atoms with Crippen molar-refractivity contribution in [1.29, 1.82) is 5.26 Å². The molecule has 1 unspecified atom stereocenters. The summed E-state index contributed by atoms with van der Waals surface area (Å²) in [6.45, 7) is 0.0811. The summed E-state index contributed by atoms with van der Waals surface area (Å²) >= 11 is 0. The minimum atomic E-state index is -4.50. The number of nitrogens with zero attached hydrogens (tertiary/aromatic N) is 1. The number of rotatable bonds is 3. The number of amides is 2. The van der Waals surface area contributed by atoms with Crippen molar-refractivity contribution >= 4 is 11.8 Å². The molecule has 0 aromatic heterocycles. The van der Waals surface area contributed by atoms with E-state index in [9.17, 15) is 22.8 Å². The molecular formula is C16H14F3N3O2. The Balaban J connectivity index is 1.86. The Bertz CT molecular complexity index is 735. The van der Waals surface area contributed by atoms with Gasteiger partial charge in [0, 0.05) is 12.5 Å². The summed E-state index contributed by atoms with van der Waals surface area (Å²) in [6.07, 6.45) is -3.47. The number of carbonyl (C=O) groups excluding carboxylic acids is 2. The summed E-state index contributed by atoms with van der Waals surface area (Å²) in [7, 11) is 0. The fourth-order valence-electron chi connectivity index (χ4n) is 2.88. The Kier molecular flexibility index (Phi) is 3.74. The van der Waals surface area contributed by atoms with Gasteiger partial charge in [-0.25, -0.2) is 0 Å². The summed E-state index contributed by atoms with van der Waals surface area (Å²) in [5, 5.41) is 14.1. The highest BCUT2D eigenvalue weighted by Gasteiger charge is 2.49. The first-order chi connectivity index (χ1) is 11.3. The van der Waals surface area contributed by atoms with Crippen LogP contribution in [0.15, 0.2) is 24.3 Å². The highest BCUT2D eigenvalue weighted by Crippen LogP contribution is 2.37. The number of nitriles is 1. The maximum Gasteiger partial charge on any atom is 0.416 e. The molecule has 2 N–H and O–H groups in total. The molecule has 2 fully saturated rings. The van der Waals surface area contributed by atoms with Gasteiger partial charge in [-0.2, -0.15) is 18.4 Å². The van der Waals surface area contributed by atoms with Crippen LogP contribution in [-0.2, 0) is 15.8 Å². The molecule has 2 atom stereocenters. The molecule has 1 aliphatic heterocycles. The van der Waals surface area contributed by atoms with Crippen LogP contribution in [0.1, 0.15) is 29.9 Å². The van der Waals surface area contributed by atoms with Crippen molar-refractivity contribution in [2.75, 3.05) is 6.54 Å². The predicted molar refractivity (Wildman–Crippen MR) is 76.4 cm³/mol. The zero-order chi connectivity index (χ0) is 17.5. The third kappa shape index (κ3) is 2.94. The molecule has 0 spiro atoms. The molecule has 1 saturated carbocycles. The number of nitrogens with one attached hydrogen (secondary N) is 2. The van der Waals surface area contributed by atoms with Gasteiger partial charge in [-0.1, -0.05) is 18.2 Å². The van der Waals surface area contributed by atoms with Gasteiger partial charge in [0.2, 0.25) is 11.8 Å². The molecule has 0 bridgehead atoms. The van der Waals surface area contributed by atoms with Crippen molar-refractivity contribution in [3.8, 4) is 6.07 Å². The summed E-state index contributed by atoms with van der Waals surface area (Å²) < 4.78 is 38.6. The van der Waals surface area contributed by atoms with Crippen LogP contribution >= 0.6 is 0 Å². The fraction of sp³-hybridized carbons (Fsp3) is 0.438. The van der Waals surface area contributed by atoms with Crippen LogP contribution in [0.2, 0.25) is 0 Å². The summed E-state index contributed by atoms with van der Waals surface area (Å²) in [4.78, 5) is 24.4. The monoisotopic (exact) mass is 337 g/mol. The van der Waals surface area contributed by atoms with Crippen LogP contribution in [0, 0.1) is 17.2 Å².